The van der Waals surface area contributed by atoms with Crippen molar-refractivity contribution in [1.82, 2.24) is 20.4 Å². The molecule has 0 radical (unpaired) electrons. The van der Waals surface area contributed by atoms with Crippen LogP contribution in [0, 0.1) is 0 Å². The minimum atomic E-state index is 0.472. The topological polar surface area (TPSA) is 44.3 Å². The Bertz CT molecular complexity index is 384. The molecule has 0 aliphatic carbocycles. The van der Waals surface area contributed by atoms with Gasteiger partial charge in [-0.1, -0.05) is 13.8 Å². The molecule has 1 aliphatic heterocycles. The Morgan fingerprint density at radius 3 is 2.60 bits per heavy atom. The fraction of sp³-hybridized carbons (Fsp3) is 0.733. The highest BCUT2D eigenvalue weighted by molar-refractivity contribution is 5.36. The predicted molar refractivity (Wildman–Crippen MR) is 83.0 cm³/mol. The predicted octanol–water partition coefficient (Wildman–Crippen LogP) is 1.51. The van der Waals surface area contributed by atoms with Crippen molar-refractivity contribution in [3.8, 4) is 0 Å². The third-order valence-corrected chi connectivity index (χ3v) is 3.74. The number of hydrogen-bond donors (Lipinski definition) is 1. The zero-order valence-electron chi connectivity index (χ0n) is 13.0. The first-order valence-corrected chi connectivity index (χ1v) is 7.64. The maximum Gasteiger partial charge on any atom is 0.151 e. The average molecular weight is 277 g/mol. The minimum absolute atomic E-state index is 0.472. The maximum atomic E-state index is 4.32. The van der Waals surface area contributed by atoms with Gasteiger partial charge in [-0.2, -0.15) is 5.10 Å². The second-order valence-corrected chi connectivity index (χ2v) is 5.89. The Balaban J connectivity index is 1.78. The molecule has 0 atom stereocenters. The zero-order valence-corrected chi connectivity index (χ0v) is 13.0. The molecule has 2 heterocycles. The van der Waals surface area contributed by atoms with Crippen LogP contribution >= 0.6 is 0 Å². The molecule has 0 bridgehead atoms. The van der Waals surface area contributed by atoms with E-state index in [1.807, 2.05) is 0 Å². The number of aromatic nitrogens is 2. The number of anilines is 1. The van der Waals surface area contributed by atoms with Gasteiger partial charge in [0.15, 0.2) is 5.82 Å². The van der Waals surface area contributed by atoms with Crippen LogP contribution < -0.4 is 10.2 Å². The molecule has 0 aromatic carbocycles. The van der Waals surface area contributed by atoms with Gasteiger partial charge >= 0.3 is 0 Å². The number of nitrogens with one attached hydrogen (secondary N) is 1. The second kappa shape index (κ2) is 7.55. The quantitative estimate of drug-likeness (QED) is 0.818. The van der Waals surface area contributed by atoms with Crippen molar-refractivity contribution in [3.63, 3.8) is 0 Å². The molecule has 0 saturated carbocycles. The lowest BCUT2D eigenvalue weighted by atomic mass is 10.3. The molecular formula is C15H27N5. The summed E-state index contributed by atoms with van der Waals surface area (Å²) in [6.45, 7) is 9.68. The van der Waals surface area contributed by atoms with E-state index in [-0.39, 0.29) is 0 Å². The van der Waals surface area contributed by atoms with Crippen LogP contribution in [0.15, 0.2) is 12.1 Å². The molecule has 1 N–H and O–H groups in total. The lowest BCUT2D eigenvalue weighted by Crippen LogP contribution is -2.32. The molecule has 1 fully saturated rings. The van der Waals surface area contributed by atoms with Gasteiger partial charge < -0.3 is 15.1 Å². The van der Waals surface area contributed by atoms with Gasteiger partial charge in [-0.05, 0) is 38.1 Å². The Hall–Kier alpha value is -1.20. The normalized spacial score (nSPS) is 16.0. The number of likely N-dealkylation sites (N-methyl/N-ethyl adjacent to an activating group) is 1. The molecule has 2 rings (SSSR count). The molecule has 5 nitrogen and oxygen atoms in total. The molecule has 0 amide bonds. The molecule has 5 heteroatoms. The average Bonchev–Trinajstić information content (AvgIpc) is 2.96. The van der Waals surface area contributed by atoms with Gasteiger partial charge in [-0.25, -0.2) is 0 Å². The van der Waals surface area contributed by atoms with E-state index < -0.39 is 0 Å². The minimum Gasteiger partial charge on any atom is -0.357 e. The molecule has 1 aliphatic rings. The summed E-state index contributed by atoms with van der Waals surface area (Å²) in [5.41, 5.74) is 0.996. The fourth-order valence-corrected chi connectivity index (χ4v) is 2.37. The lowest BCUT2D eigenvalue weighted by Gasteiger charge is -2.22. The van der Waals surface area contributed by atoms with Crippen molar-refractivity contribution in [1.29, 1.82) is 0 Å². The van der Waals surface area contributed by atoms with E-state index in [0.717, 1.165) is 31.1 Å². The summed E-state index contributed by atoms with van der Waals surface area (Å²) < 4.78 is 0. The van der Waals surface area contributed by atoms with Gasteiger partial charge in [0.05, 0.1) is 5.69 Å². The third-order valence-electron chi connectivity index (χ3n) is 3.74. The van der Waals surface area contributed by atoms with Crippen LogP contribution in [0.25, 0.3) is 0 Å². The van der Waals surface area contributed by atoms with Gasteiger partial charge in [0.1, 0.15) is 0 Å². The van der Waals surface area contributed by atoms with Crippen LogP contribution in [0.4, 0.5) is 5.82 Å². The van der Waals surface area contributed by atoms with Crippen LogP contribution in [-0.4, -0.2) is 54.4 Å². The van der Waals surface area contributed by atoms with Crippen molar-refractivity contribution >= 4 is 5.82 Å². The van der Waals surface area contributed by atoms with E-state index in [9.17, 15) is 0 Å². The summed E-state index contributed by atoms with van der Waals surface area (Å²) in [5.74, 6) is 0.956. The Morgan fingerprint density at radius 2 is 2.00 bits per heavy atom. The fourth-order valence-electron chi connectivity index (χ4n) is 2.37. The summed E-state index contributed by atoms with van der Waals surface area (Å²) in [6.07, 6.45) is 2.70. The van der Waals surface area contributed by atoms with E-state index >= 15 is 0 Å². The van der Waals surface area contributed by atoms with E-state index in [0.29, 0.717) is 6.04 Å². The van der Waals surface area contributed by atoms with Crippen molar-refractivity contribution < 1.29 is 0 Å². The Morgan fingerprint density at radius 1 is 1.25 bits per heavy atom. The highest BCUT2D eigenvalue weighted by Crippen LogP contribution is 2.10. The molecule has 1 aromatic rings. The number of nitrogens with zero attached hydrogens (tertiary/aromatic N) is 4. The zero-order chi connectivity index (χ0) is 14.4. The van der Waals surface area contributed by atoms with Crippen LogP contribution in [0.1, 0.15) is 32.4 Å². The SMILES string of the molecule is CC(C)NCc1ccc(N(C)CCN2CCCC2)nn1. The van der Waals surface area contributed by atoms with Crippen LogP contribution in [0.3, 0.4) is 0 Å². The Kier molecular flexibility index (Phi) is 5.73. The molecule has 0 unspecified atom stereocenters. The smallest absolute Gasteiger partial charge is 0.151 e. The summed E-state index contributed by atoms with van der Waals surface area (Å²) in [7, 11) is 2.09. The molecule has 0 spiro atoms. The second-order valence-electron chi connectivity index (χ2n) is 5.89. The highest BCUT2D eigenvalue weighted by Gasteiger charge is 2.12. The van der Waals surface area contributed by atoms with E-state index in [4.69, 9.17) is 0 Å². The first kappa shape index (κ1) is 15.2. The van der Waals surface area contributed by atoms with Crippen LogP contribution in [-0.2, 0) is 6.54 Å². The Labute approximate surface area is 122 Å². The summed E-state index contributed by atoms with van der Waals surface area (Å²) in [6, 6.07) is 4.60. The monoisotopic (exact) mass is 277 g/mol. The summed E-state index contributed by atoms with van der Waals surface area (Å²) in [4.78, 5) is 4.70. The summed E-state index contributed by atoms with van der Waals surface area (Å²) in [5, 5.41) is 12.0. The van der Waals surface area contributed by atoms with E-state index in [1.165, 1.54) is 25.9 Å². The number of rotatable bonds is 7. The van der Waals surface area contributed by atoms with Gasteiger partial charge in [0.2, 0.25) is 0 Å². The molecule has 1 saturated heterocycles. The standard InChI is InChI=1S/C15H27N5/c1-13(2)16-12-14-6-7-15(18-17-14)19(3)10-11-20-8-4-5-9-20/h6-7,13,16H,4-5,8-12H2,1-3H3. The van der Waals surface area contributed by atoms with E-state index in [2.05, 4.69) is 58.3 Å². The van der Waals surface area contributed by atoms with Gasteiger partial charge in [-0.15, -0.1) is 5.10 Å². The first-order valence-electron chi connectivity index (χ1n) is 7.64. The molecule has 112 valence electrons. The number of likely N-dealkylation sites (tertiary alicyclic amines) is 1. The van der Waals surface area contributed by atoms with Crippen molar-refractivity contribution in [2.45, 2.75) is 39.3 Å². The number of hydrogen-bond acceptors (Lipinski definition) is 5. The molecule has 1 aromatic heterocycles. The van der Waals surface area contributed by atoms with Gasteiger partial charge in [-0.3, -0.25) is 0 Å². The summed E-state index contributed by atoms with van der Waals surface area (Å²) >= 11 is 0. The first-order chi connectivity index (χ1) is 9.65. The maximum absolute atomic E-state index is 4.32. The van der Waals surface area contributed by atoms with Crippen LogP contribution in [0.5, 0.6) is 0 Å². The van der Waals surface area contributed by atoms with Crippen molar-refractivity contribution in [3.05, 3.63) is 17.8 Å². The highest BCUT2D eigenvalue weighted by atomic mass is 15.3. The van der Waals surface area contributed by atoms with Crippen molar-refractivity contribution in [2.24, 2.45) is 0 Å². The van der Waals surface area contributed by atoms with Crippen LogP contribution in [0.2, 0.25) is 0 Å². The lowest BCUT2D eigenvalue weighted by molar-refractivity contribution is 0.346. The largest absolute Gasteiger partial charge is 0.357 e. The van der Waals surface area contributed by atoms with Gasteiger partial charge in [0, 0.05) is 32.7 Å². The van der Waals surface area contributed by atoms with Gasteiger partial charge in [0.25, 0.3) is 0 Å². The van der Waals surface area contributed by atoms with E-state index in [1.54, 1.807) is 0 Å². The molecular weight excluding hydrogens is 250 g/mol. The van der Waals surface area contributed by atoms with Crippen molar-refractivity contribution in [2.75, 3.05) is 38.1 Å². The molecule has 20 heavy (non-hydrogen) atoms. The third kappa shape index (κ3) is 4.72.